The Balaban J connectivity index is 2.71. The molecule has 0 spiro atoms. The minimum atomic E-state index is -0.821. The maximum Gasteiger partial charge on any atom is 0.417 e. The largest absolute Gasteiger partial charge is 0.465 e. The Morgan fingerprint density at radius 1 is 1.53 bits per heavy atom. The summed E-state index contributed by atoms with van der Waals surface area (Å²) in [5.74, 6) is -2.30. The molecule has 1 aromatic carbocycles. The van der Waals surface area contributed by atoms with Crippen LogP contribution in [0.25, 0.3) is 11.1 Å². The quantitative estimate of drug-likeness (QED) is 0.715. The van der Waals surface area contributed by atoms with Crippen molar-refractivity contribution < 1.29 is 18.3 Å². The number of oxazole rings is 1. The third-order valence-corrected chi connectivity index (χ3v) is 1.91. The molecule has 15 heavy (non-hydrogen) atoms. The summed E-state index contributed by atoms with van der Waals surface area (Å²) in [6.07, 6.45) is 0. The number of benzene rings is 1. The zero-order valence-corrected chi connectivity index (χ0v) is 7.67. The van der Waals surface area contributed by atoms with Gasteiger partial charge in [0.15, 0.2) is 5.58 Å². The Kier molecular flexibility index (Phi) is 2.03. The minimum absolute atomic E-state index is 0.113. The van der Waals surface area contributed by atoms with Crippen LogP contribution in [0.5, 0.6) is 0 Å². The van der Waals surface area contributed by atoms with Crippen molar-refractivity contribution in [1.82, 2.24) is 4.98 Å². The van der Waals surface area contributed by atoms with E-state index in [1.807, 2.05) is 0 Å². The average Bonchev–Trinajstić information content (AvgIpc) is 2.55. The molecule has 78 valence electrons. The summed E-state index contributed by atoms with van der Waals surface area (Å²) in [5, 5.41) is 0. The maximum absolute atomic E-state index is 13.3. The van der Waals surface area contributed by atoms with E-state index < -0.39 is 17.5 Å². The molecule has 0 aliphatic heterocycles. The molecule has 1 heterocycles. The van der Waals surface area contributed by atoms with Crippen LogP contribution in [0.1, 0.15) is 10.4 Å². The zero-order valence-electron chi connectivity index (χ0n) is 7.67. The van der Waals surface area contributed by atoms with Crippen molar-refractivity contribution in [1.29, 1.82) is 0 Å². The second-order valence-electron chi connectivity index (χ2n) is 2.83. The number of nitrogens with one attached hydrogen (secondary N) is 1. The van der Waals surface area contributed by atoms with Crippen LogP contribution in [0.4, 0.5) is 4.39 Å². The van der Waals surface area contributed by atoms with Gasteiger partial charge in [-0.1, -0.05) is 0 Å². The molecule has 1 aromatic heterocycles. The van der Waals surface area contributed by atoms with Gasteiger partial charge < -0.3 is 9.15 Å². The molecule has 0 fully saturated rings. The molecule has 0 amide bonds. The summed E-state index contributed by atoms with van der Waals surface area (Å²) in [4.78, 5) is 24.2. The van der Waals surface area contributed by atoms with Crippen molar-refractivity contribution in [2.45, 2.75) is 0 Å². The van der Waals surface area contributed by atoms with Gasteiger partial charge in [0.2, 0.25) is 0 Å². The van der Waals surface area contributed by atoms with E-state index in [0.717, 1.165) is 19.2 Å². The highest BCUT2D eigenvalue weighted by atomic mass is 19.1. The van der Waals surface area contributed by atoms with Gasteiger partial charge in [0.25, 0.3) is 0 Å². The highest BCUT2D eigenvalue weighted by Gasteiger charge is 2.15. The van der Waals surface area contributed by atoms with Gasteiger partial charge in [0.05, 0.1) is 18.2 Å². The van der Waals surface area contributed by atoms with Crippen molar-refractivity contribution in [3.63, 3.8) is 0 Å². The molecule has 0 unspecified atom stereocenters. The minimum Gasteiger partial charge on any atom is -0.465 e. The van der Waals surface area contributed by atoms with E-state index in [0.29, 0.717) is 0 Å². The zero-order chi connectivity index (χ0) is 11.0. The Labute approximate surface area is 82.5 Å². The molecule has 0 bridgehead atoms. The SMILES string of the molecule is COC(=O)c1cc2oc(=O)[nH]c2cc1F. The van der Waals surface area contributed by atoms with Crippen LogP contribution >= 0.6 is 0 Å². The molecule has 0 saturated heterocycles. The van der Waals surface area contributed by atoms with Crippen LogP contribution < -0.4 is 5.76 Å². The molecular weight excluding hydrogens is 205 g/mol. The lowest BCUT2D eigenvalue weighted by Crippen LogP contribution is -2.03. The van der Waals surface area contributed by atoms with Crippen LogP contribution in [0.15, 0.2) is 21.3 Å². The number of hydrogen-bond acceptors (Lipinski definition) is 4. The first-order valence-corrected chi connectivity index (χ1v) is 4.02. The molecule has 0 saturated carbocycles. The molecule has 0 radical (unpaired) electrons. The molecule has 0 atom stereocenters. The highest BCUT2D eigenvalue weighted by molar-refractivity contribution is 5.93. The van der Waals surface area contributed by atoms with Crippen molar-refractivity contribution in [2.75, 3.05) is 7.11 Å². The van der Waals surface area contributed by atoms with E-state index in [1.54, 1.807) is 0 Å². The number of carbonyl (C=O) groups excluding carboxylic acids is 1. The number of H-pyrrole nitrogens is 1. The number of rotatable bonds is 1. The standard InChI is InChI=1S/C9H6FNO4/c1-14-8(12)4-2-7-6(3-5(4)10)11-9(13)15-7/h2-3H,1H3,(H,11,13). The first kappa shape index (κ1) is 9.45. The molecule has 2 aromatic rings. The summed E-state index contributed by atoms with van der Waals surface area (Å²) in [6, 6.07) is 2.13. The first-order valence-electron chi connectivity index (χ1n) is 4.02. The monoisotopic (exact) mass is 211 g/mol. The number of methoxy groups -OCH3 is 1. The fourth-order valence-corrected chi connectivity index (χ4v) is 1.24. The van der Waals surface area contributed by atoms with Crippen LogP contribution in [0, 0.1) is 5.82 Å². The fourth-order valence-electron chi connectivity index (χ4n) is 1.24. The van der Waals surface area contributed by atoms with Gasteiger partial charge in [0, 0.05) is 12.1 Å². The van der Waals surface area contributed by atoms with Gasteiger partial charge in [0.1, 0.15) is 5.82 Å². The summed E-state index contributed by atoms with van der Waals surface area (Å²) < 4.78 is 22.3. The molecule has 6 heteroatoms. The number of hydrogen-bond donors (Lipinski definition) is 1. The van der Waals surface area contributed by atoms with E-state index in [2.05, 4.69) is 14.1 Å². The third-order valence-electron chi connectivity index (χ3n) is 1.91. The van der Waals surface area contributed by atoms with E-state index in [4.69, 9.17) is 0 Å². The molecular formula is C9H6FNO4. The lowest BCUT2D eigenvalue weighted by atomic mass is 10.2. The second kappa shape index (κ2) is 3.23. The Morgan fingerprint density at radius 2 is 2.27 bits per heavy atom. The Bertz CT molecular complexity index is 583. The van der Waals surface area contributed by atoms with Gasteiger partial charge in [-0.15, -0.1) is 0 Å². The van der Waals surface area contributed by atoms with Gasteiger partial charge in [-0.25, -0.2) is 14.0 Å². The number of carbonyl (C=O) groups is 1. The Hall–Kier alpha value is -2.11. The lowest BCUT2D eigenvalue weighted by molar-refractivity contribution is 0.0595. The number of halogens is 1. The topological polar surface area (TPSA) is 72.3 Å². The summed E-state index contributed by atoms with van der Waals surface area (Å²) >= 11 is 0. The van der Waals surface area contributed by atoms with Crippen molar-refractivity contribution in [2.24, 2.45) is 0 Å². The molecule has 1 N–H and O–H groups in total. The Morgan fingerprint density at radius 3 is 2.93 bits per heavy atom. The van der Waals surface area contributed by atoms with E-state index in [-0.39, 0.29) is 16.7 Å². The molecule has 5 nitrogen and oxygen atoms in total. The number of aromatic nitrogens is 1. The maximum atomic E-state index is 13.3. The normalized spacial score (nSPS) is 10.5. The first-order chi connectivity index (χ1) is 7.11. The van der Waals surface area contributed by atoms with Crippen molar-refractivity contribution >= 4 is 17.1 Å². The van der Waals surface area contributed by atoms with Crippen molar-refractivity contribution in [3.05, 3.63) is 34.1 Å². The lowest BCUT2D eigenvalue weighted by Gasteiger charge is -1.99. The van der Waals surface area contributed by atoms with Crippen LogP contribution in [0.2, 0.25) is 0 Å². The fraction of sp³-hybridized carbons (Fsp3) is 0.111. The van der Waals surface area contributed by atoms with E-state index in [1.165, 1.54) is 0 Å². The van der Waals surface area contributed by atoms with E-state index in [9.17, 15) is 14.0 Å². The number of esters is 1. The van der Waals surface area contributed by atoms with Gasteiger partial charge in [-0.05, 0) is 0 Å². The van der Waals surface area contributed by atoms with Crippen molar-refractivity contribution in [3.8, 4) is 0 Å². The summed E-state index contributed by atoms with van der Waals surface area (Å²) in [7, 11) is 1.14. The highest BCUT2D eigenvalue weighted by Crippen LogP contribution is 2.17. The second-order valence-corrected chi connectivity index (χ2v) is 2.83. The predicted octanol–water partition coefficient (Wildman–Crippen LogP) is 1.05. The van der Waals surface area contributed by atoms with Crippen LogP contribution in [-0.2, 0) is 4.74 Å². The third kappa shape index (κ3) is 1.50. The smallest absolute Gasteiger partial charge is 0.417 e. The summed E-state index contributed by atoms with van der Waals surface area (Å²) in [6.45, 7) is 0. The molecule has 0 aliphatic rings. The number of fused-ring (bicyclic) bond motifs is 1. The van der Waals surface area contributed by atoms with Crippen LogP contribution in [-0.4, -0.2) is 18.1 Å². The predicted molar refractivity (Wildman–Crippen MR) is 48.1 cm³/mol. The van der Waals surface area contributed by atoms with Crippen LogP contribution in [0.3, 0.4) is 0 Å². The van der Waals surface area contributed by atoms with E-state index >= 15 is 0 Å². The number of aromatic amines is 1. The van der Waals surface area contributed by atoms with Gasteiger partial charge >= 0.3 is 11.7 Å². The van der Waals surface area contributed by atoms with Gasteiger partial charge in [-0.2, -0.15) is 0 Å². The summed E-state index contributed by atoms with van der Waals surface area (Å²) in [5.41, 5.74) is 0.0414. The number of ether oxygens (including phenoxy) is 1. The average molecular weight is 211 g/mol. The molecule has 2 rings (SSSR count). The molecule has 0 aliphatic carbocycles. The van der Waals surface area contributed by atoms with Gasteiger partial charge in [-0.3, -0.25) is 4.98 Å².